The van der Waals surface area contributed by atoms with Crippen LogP contribution >= 0.6 is 0 Å². The van der Waals surface area contributed by atoms with Gasteiger partial charge in [0.05, 0.1) is 0 Å². The molecule has 0 fully saturated rings. The number of carbonyl (C=O) groups is 2. The normalized spacial score (nSPS) is 11.8. The molecule has 0 unspecified atom stereocenters. The third kappa shape index (κ3) is 6.19. The molecule has 0 heterocycles. The Morgan fingerprint density at radius 2 is 1.64 bits per heavy atom. The Kier molecular flexibility index (Phi) is 7.26. The van der Waals surface area contributed by atoms with E-state index in [0.717, 1.165) is 5.56 Å². The first-order chi connectivity index (χ1) is 13.3. The molecule has 2 aromatic rings. The monoisotopic (exact) mass is 386 g/mol. The van der Waals surface area contributed by atoms with Crippen molar-refractivity contribution in [3.05, 3.63) is 53.6 Å². The van der Waals surface area contributed by atoms with Gasteiger partial charge in [-0.1, -0.05) is 19.9 Å². The van der Waals surface area contributed by atoms with Gasteiger partial charge in [-0.15, -0.1) is 0 Å². The van der Waals surface area contributed by atoms with Crippen LogP contribution in [0.25, 0.3) is 0 Å². The van der Waals surface area contributed by atoms with Crippen molar-refractivity contribution in [3.63, 3.8) is 0 Å². The molecule has 150 valence electrons. The van der Waals surface area contributed by atoms with E-state index in [1.54, 1.807) is 6.07 Å². The summed E-state index contributed by atoms with van der Waals surface area (Å²) in [6, 6.07) is 9.64. The zero-order valence-corrected chi connectivity index (χ0v) is 16.0. The maximum atomic E-state index is 12.6. The Morgan fingerprint density at radius 3 is 2.25 bits per heavy atom. The van der Waals surface area contributed by atoms with Crippen LogP contribution < -0.4 is 10.6 Å². The molecule has 0 saturated heterocycles. The van der Waals surface area contributed by atoms with Crippen molar-refractivity contribution in [2.24, 2.45) is 5.92 Å². The zero-order valence-electron chi connectivity index (χ0n) is 16.0. The van der Waals surface area contributed by atoms with Gasteiger partial charge in [-0.25, -0.2) is 0 Å². The summed E-state index contributed by atoms with van der Waals surface area (Å²) in [6.07, 6.45) is 0.954. The Balaban J connectivity index is 1.95. The average Bonchev–Trinajstić information content (AvgIpc) is 2.64. The highest BCUT2D eigenvalue weighted by atomic mass is 16.3. The fourth-order valence-electron chi connectivity index (χ4n) is 2.74. The molecule has 0 aliphatic rings. The van der Waals surface area contributed by atoms with Crippen LogP contribution in [0.3, 0.4) is 0 Å². The van der Waals surface area contributed by atoms with Gasteiger partial charge in [0, 0.05) is 12.1 Å². The Labute approximate surface area is 164 Å². The molecule has 2 rings (SSSR count). The predicted molar refractivity (Wildman–Crippen MR) is 105 cm³/mol. The summed E-state index contributed by atoms with van der Waals surface area (Å²) < 4.78 is 0. The fourth-order valence-corrected chi connectivity index (χ4v) is 2.74. The molecule has 5 N–H and O–H groups in total. The average molecular weight is 386 g/mol. The van der Waals surface area contributed by atoms with Crippen molar-refractivity contribution in [1.82, 2.24) is 10.6 Å². The SMILES string of the molecule is CC(C)C[C@H](NC(=O)c1ccc(O)cc1)C(=O)NCCc1ccc(O)c(O)c1. The van der Waals surface area contributed by atoms with Crippen molar-refractivity contribution in [2.45, 2.75) is 32.7 Å². The quantitative estimate of drug-likeness (QED) is 0.446. The summed E-state index contributed by atoms with van der Waals surface area (Å²) in [4.78, 5) is 24.9. The van der Waals surface area contributed by atoms with E-state index in [4.69, 9.17) is 0 Å². The number of carbonyl (C=O) groups excluding carboxylic acids is 2. The van der Waals surface area contributed by atoms with Gasteiger partial charge in [-0.05, 0) is 60.7 Å². The molecule has 0 radical (unpaired) electrons. The van der Waals surface area contributed by atoms with Crippen LogP contribution in [0.4, 0.5) is 0 Å². The lowest BCUT2D eigenvalue weighted by molar-refractivity contribution is -0.123. The van der Waals surface area contributed by atoms with E-state index in [0.29, 0.717) is 24.9 Å². The molecule has 1 atom stereocenters. The van der Waals surface area contributed by atoms with Gasteiger partial charge >= 0.3 is 0 Å². The fraction of sp³-hybridized carbons (Fsp3) is 0.333. The van der Waals surface area contributed by atoms with Crippen LogP contribution in [-0.2, 0) is 11.2 Å². The van der Waals surface area contributed by atoms with Gasteiger partial charge < -0.3 is 26.0 Å². The lowest BCUT2D eigenvalue weighted by Gasteiger charge is -2.20. The Hall–Kier alpha value is -3.22. The van der Waals surface area contributed by atoms with Crippen molar-refractivity contribution in [3.8, 4) is 17.2 Å². The van der Waals surface area contributed by atoms with Gasteiger partial charge in [0.2, 0.25) is 5.91 Å². The molecular formula is C21H26N2O5. The number of phenolic OH excluding ortho intramolecular Hbond substituents is 3. The Bertz CT molecular complexity index is 818. The minimum absolute atomic E-state index is 0.0632. The highest BCUT2D eigenvalue weighted by Crippen LogP contribution is 2.24. The maximum absolute atomic E-state index is 12.6. The molecule has 7 nitrogen and oxygen atoms in total. The third-order valence-electron chi connectivity index (χ3n) is 4.21. The molecule has 0 spiro atoms. The third-order valence-corrected chi connectivity index (χ3v) is 4.21. The lowest BCUT2D eigenvalue weighted by Crippen LogP contribution is -2.47. The van der Waals surface area contributed by atoms with Crippen molar-refractivity contribution in [1.29, 1.82) is 0 Å². The minimum atomic E-state index is -0.686. The molecule has 0 aliphatic heterocycles. The van der Waals surface area contributed by atoms with E-state index >= 15 is 0 Å². The van der Waals surface area contributed by atoms with Crippen LogP contribution in [0.5, 0.6) is 17.2 Å². The number of hydrogen-bond acceptors (Lipinski definition) is 5. The summed E-state index contributed by atoms with van der Waals surface area (Å²) >= 11 is 0. The second-order valence-corrected chi connectivity index (χ2v) is 7.07. The molecule has 28 heavy (non-hydrogen) atoms. The zero-order chi connectivity index (χ0) is 20.7. The molecular weight excluding hydrogens is 360 g/mol. The summed E-state index contributed by atoms with van der Waals surface area (Å²) in [6.45, 7) is 4.26. The molecule has 2 amide bonds. The van der Waals surface area contributed by atoms with Gasteiger partial charge in [-0.2, -0.15) is 0 Å². The molecule has 0 bridgehead atoms. The van der Waals surface area contributed by atoms with E-state index in [1.807, 2.05) is 13.8 Å². The van der Waals surface area contributed by atoms with Crippen LogP contribution in [0.2, 0.25) is 0 Å². The molecule has 0 aromatic heterocycles. The second-order valence-electron chi connectivity index (χ2n) is 7.07. The lowest BCUT2D eigenvalue weighted by atomic mass is 10.0. The summed E-state index contributed by atoms with van der Waals surface area (Å²) in [7, 11) is 0. The van der Waals surface area contributed by atoms with Crippen LogP contribution in [0.15, 0.2) is 42.5 Å². The van der Waals surface area contributed by atoms with E-state index in [9.17, 15) is 24.9 Å². The van der Waals surface area contributed by atoms with Crippen molar-refractivity contribution in [2.75, 3.05) is 6.54 Å². The van der Waals surface area contributed by atoms with Gasteiger partial charge in [0.1, 0.15) is 11.8 Å². The Morgan fingerprint density at radius 1 is 0.964 bits per heavy atom. The topological polar surface area (TPSA) is 119 Å². The van der Waals surface area contributed by atoms with E-state index < -0.39 is 6.04 Å². The summed E-state index contributed by atoms with van der Waals surface area (Å²) in [5.41, 5.74) is 1.13. The van der Waals surface area contributed by atoms with Crippen molar-refractivity contribution >= 4 is 11.8 Å². The number of phenols is 3. The number of nitrogens with one attached hydrogen (secondary N) is 2. The maximum Gasteiger partial charge on any atom is 0.251 e. The number of benzene rings is 2. The number of hydrogen-bond donors (Lipinski definition) is 5. The van der Waals surface area contributed by atoms with E-state index in [-0.39, 0.29) is 35.0 Å². The predicted octanol–water partition coefficient (Wildman–Crippen LogP) is 2.31. The summed E-state index contributed by atoms with van der Waals surface area (Å²) in [5, 5.41) is 33.7. The van der Waals surface area contributed by atoms with Crippen LogP contribution in [0, 0.1) is 5.92 Å². The highest BCUT2D eigenvalue weighted by Gasteiger charge is 2.22. The largest absolute Gasteiger partial charge is 0.508 e. The van der Waals surface area contributed by atoms with Crippen LogP contribution in [0.1, 0.15) is 36.2 Å². The molecule has 0 aliphatic carbocycles. The smallest absolute Gasteiger partial charge is 0.251 e. The first-order valence-corrected chi connectivity index (χ1v) is 9.14. The first kappa shape index (κ1) is 21.1. The standard InChI is InChI=1S/C21H26N2O5/c1-13(2)11-17(23-20(27)15-4-6-16(24)7-5-15)21(28)22-10-9-14-3-8-18(25)19(26)12-14/h3-8,12-13,17,24-26H,9-11H2,1-2H3,(H,22,28)(H,23,27)/t17-/m0/s1. The number of aromatic hydroxyl groups is 3. The van der Waals surface area contributed by atoms with E-state index in [2.05, 4.69) is 10.6 Å². The summed E-state index contributed by atoms with van der Waals surface area (Å²) in [5.74, 6) is -0.810. The molecule has 2 aromatic carbocycles. The second kappa shape index (κ2) is 9.64. The number of amides is 2. The molecule has 7 heteroatoms. The first-order valence-electron chi connectivity index (χ1n) is 9.14. The van der Waals surface area contributed by atoms with Gasteiger partial charge in [-0.3, -0.25) is 9.59 Å². The highest BCUT2D eigenvalue weighted by molar-refractivity contribution is 5.97. The van der Waals surface area contributed by atoms with Gasteiger partial charge in [0.15, 0.2) is 11.5 Å². The van der Waals surface area contributed by atoms with Crippen molar-refractivity contribution < 1.29 is 24.9 Å². The number of rotatable bonds is 8. The van der Waals surface area contributed by atoms with Gasteiger partial charge in [0.25, 0.3) is 5.91 Å². The van der Waals surface area contributed by atoms with E-state index in [1.165, 1.54) is 36.4 Å². The molecule has 0 saturated carbocycles. The van der Waals surface area contributed by atoms with Crippen LogP contribution in [-0.4, -0.2) is 39.7 Å². The minimum Gasteiger partial charge on any atom is -0.508 e.